The molecule has 0 radical (unpaired) electrons. The fraction of sp³-hybridized carbons (Fsp3) is 0.455. The molecule has 2 rings (SSSR count). The first-order valence-corrected chi connectivity index (χ1v) is 5.41. The van der Waals surface area contributed by atoms with Crippen molar-refractivity contribution < 1.29 is 4.79 Å². The molecular formula is C11H16N4O. The van der Waals surface area contributed by atoms with Gasteiger partial charge in [0.2, 0.25) is 5.91 Å². The summed E-state index contributed by atoms with van der Waals surface area (Å²) in [5.74, 6) is 0.604. The van der Waals surface area contributed by atoms with E-state index in [9.17, 15) is 4.79 Å². The molecule has 1 amide bonds. The number of aromatic nitrogens is 1. The Bertz CT molecular complexity index is 393. The molecular weight excluding hydrogens is 204 g/mol. The maximum atomic E-state index is 11.1. The van der Waals surface area contributed by atoms with Crippen molar-refractivity contribution in [2.45, 2.75) is 13.0 Å². The number of hydrogen-bond acceptors (Lipinski definition) is 4. The zero-order valence-corrected chi connectivity index (χ0v) is 9.10. The van der Waals surface area contributed by atoms with Crippen LogP contribution in [0.25, 0.3) is 0 Å². The quantitative estimate of drug-likeness (QED) is 0.742. The zero-order valence-electron chi connectivity index (χ0n) is 9.10. The normalized spacial score (nSPS) is 20.1. The van der Waals surface area contributed by atoms with Crippen molar-refractivity contribution in [2.75, 3.05) is 18.0 Å². The second-order valence-corrected chi connectivity index (χ2v) is 4.03. The zero-order chi connectivity index (χ0) is 11.5. The van der Waals surface area contributed by atoms with Gasteiger partial charge in [-0.15, -0.1) is 0 Å². The highest BCUT2D eigenvalue weighted by atomic mass is 16.1. The molecule has 5 heteroatoms. The number of hydrogen-bond donors (Lipinski definition) is 2. The molecule has 1 aromatic heterocycles. The van der Waals surface area contributed by atoms with Gasteiger partial charge in [0.1, 0.15) is 5.82 Å². The lowest BCUT2D eigenvalue weighted by atomic mass is 10.1. The Morgan fingerprint density at radius 3 is 3.00 bits per heavy atom. The number of rotatable bonds is 3. The first-order valence-electron chi connectivity index (χ1n) is 5.41. The Labute approximate surface area is 94.4 Å². The maximum Gasteiger partial charge on any atom is 0.222 e. The van der Waals surface area contributed by atoms with Crippen molar-refractivity contribution in [3.8, 4) is 0 Å². The summed E-state index contributed by atoms with van der Waals surface area (Å²) in [6.45, 7) is 1.92. The molecule has 5 nitrogen and oxygen atoms in total. The van der Waals surface area contributed by atoms with Crippen LogP contribution < -0.4 is 16.4 Å². The molecule has 1 fully saturated rings. The Morgan fingerprint density at radius 1 is 1.56 bits per heavy atom. The summed E-state index contributed by atoms with van der Waals surface area (Å²) in [5.41, 5.74) is 11.7. The third-order valence-electron chi connectivity index (χ3n) is 2.92. The van der Waals surface area contributed by atoms with Gasteiger partial charge >= 0.3 is 0 Å². The average molecular weight is 220 g/mol. The van der Waals surface area contributed by atoms with Crippen molar-refractivity contribution in [3.63, 3.8) is 0 Å². The van der Waals surface area contributed by atoms with Crippen LogP contribution in [0.15, 0.2) is 18.2 Å². The Kier molecular flexibility index (Phi) is 3.05. The molecule has 0 bridgehead atoms. The second-order valence-electron chi connectivity index (χ2n) is 4.03. The third-order valence-corrected chi connectivity index (χ3v) is 2.92. The lowest BCUT2D eigenvalue weighted by molar-refractivity contribution is -0.121. The molecule has 1 aliphatic rings. The van der Waals surface area contributed by atoms with E-state index in [1.807, 2.05) is 18.2 Å². The smallest absolute Gasteiger partial charge is 0.222 e. The van der Waals surface area contributed by atoms with E-state index in [1.54, 1.807) is 0 Å². The van der Waals surface area contributed by atoms with Crippen LogP contribution in [0, 0.1) is 5.92 Å². The number of carbonyl (C=O) groups excluding carboxylic acids is 1. The summed E-state index contributed by atoms with van der Waals surface area (Å²) < 4.78 is 0. The summed E-state index contributed by atoms with van der Waals surface area (Å²) in [5, 5.41) is 0. The van der Waals surface area contributed by atoms with E-state index in [-0.39, 0.29) is 11.8 Å². The van der Waals surface area contributed by atoms with Crippen molar-refractivity contribution in [3.05, 3.63) is 23.9 Å². The fourth-order valence-corrected chi connectivity index (χ4v) is 1.96. The van der Waals surface area contributed by atoms with Crippen LogP contribution in [0.1, 0.15) is 12.1 Å². The highest BCUT2D eigenvalue weighted by Gasteiger charge is 2.27. The highest BCUT2D eigenvalue weighted by Crippen LogP contribution is 2.21. The van der Waals surface area contributed by atoms with Crippen LogP contribution in [0.2, 0.25) is 0 Å². The van der Waals surface area contributed by atoms with Crippen LogP contribution in [0.5, 0.6) is 0 Å². The number of carbonyl (C=O) groups is 1. The molecule has 2 heterocycles. The molecule has 1 saturated heterocycles. The number of primary amides is 1. The number of anilines is 1. The fourth-order valence-electron chi connectivity index (χ4n) is 1.96. The van der Waals surface area contributed by atoms with Gasteiger partial charge in [-0.25, -0.2) is 4.98 Å². The average Bonchev–Trinajstić information content (AvgIpc) is 2.78. The predicted octanol–water partition coefficient (Wildman–Crippen LogP) is -0.148. The van der Waals surface area contributed by atoms with Crippen LogP contribution in [-0.4, -0.2) is 24.0 Å². The number of nitrogens with zero attached hydrogens (tertiary/aromatic N) is 2. The molecule has 0 aromatic carbocycles. The van der Waals surface area contributed by atoms with Gasteiger partial charge in [-0.1, -0.05) is 6.07 Å². The standard InChI is InChI=1S/C11H16N4O/c12-6-9-2-1-3-10(14-9)15-5-4-8(7-15)11(13)16/h1-3,8H,4-7,12H2,(H2,13,16). The summed E-state index contributed by atoms with van der Waals surface area (Å²) in [6, 6.07) is 5.76. The summed E-state index contributed by atoms with van der Waals surface area (Å²) in [7, 11) is 0. The monoisotopic (exact) mass is 220 g/mol. The van der Waals surface area contributed by atoms with Gasteiger partial charge in [0, 0.05) is 19.6 Å². The molecule has 16 heavy (non-hydrogen) atoms. The summed E-state index contributed by atoms with van der Waals surface area (Å²) in [4.78, 5) is 17.6. The number of amides is 1. The molecule has 1 aliphatic heterocycles. The van der Waals surface area contributed by atoms with Crippen LogP contribution in [0.3, 0.4) is 0 Å². The van der Waals surface area contributed by atoms with E-state index in [1.165, 1.54) is 0 Å². The molecule has 1 unspecified atom stereocenters. The highest BCUT2D eigenvalue weighted by molar-refractivity contribution is 5.78. The molecule has 1 atom stereocenters. The minimum Gasteiger partial charge on any atom is -0.369 e. The Hall–Kier alpha value is -1.62. The van der Waals surface area contributed by atoms with Gasteiger partial charge in [0.15, 0.2) is 0 Å². The van der Waals surface area contributed by atoms with E-state index in [0.717, 1.165) is 24.5 Å². The van der Waals surface area contributed by atoms with Gasteiger partial charge in [-0.05, 0) is 18.6 Å². The SMILES string of the molecule is NCc1cccc(N2CCC(C(N)=O)C2)n1. The van der Waals surface area contributed by atoms with E-state index < -0.39 is 0 Å². The number of nitrogens with two attached hydrogens (primary N) is 2. The molecule has 0 spiro atoms. The van der Waals surface area contributed by atoms with E-state index in [0.29, 0.717) is 13.1 Å². The largest absolute Gasteiger partial charge is 0.369 e. The summed E-state index contributed by atoms with van der Waals surface area (Å²) in [6.07, 6.45) is 0.809. The van der Waals surface area contributed by atoms with Crippen molar-refractivity contribution in [1.82, 2.24) is 4.98 Å². The van der Waals surface area contributed by atoms with Gasteiger partial charge in [0.25, 0.3) is 0 Å². The van der Waals surface area contributed by atoms with Gasteiger partial charge in [0.05, 0.1) is 11.6 Å². The number of pyridine rings is 1. The topological polar surface area (TPSA) is 85.2 Å². The Balaban J connectivity index is 2.11. The van der Waals surface area contributed by atoms with Crippen molar-refractivity contribution in [2.24, 2.45) is 17.4 Å². The molecule has 1 aromatic rings. The van der Waals surface area contributed by atoms with Crippen LogP contribution >= 0.6 is 0 Å². The van der Waals surface area contributed by atoms with Crippen molar-refractivity contribution in [1.29, 1.82) is 0 Å². The van der Waals surface area contributed by atoms with Gasteiger partial charge in [-0.3, -0.25) is 4.79 Å². The van der Waals surface area contributed by atoms with E-state index in [4.69, 9.17) is 11.5 Å². The van der Waals surface area contributed by atoms with Crippen LogP contribution in [-0.2, 0) is 11.3 Å². The first kappa shape index (κ1) is 10.9. The summed E-state index contributed by atoms with van der Waals surface area (Å²) >= 11 is 0. The Morgan fingerprint density at radius 2 is 2.38 bits per heavy atom. The lowest BCUT2D eigenvalue weighted by Gasteiger charge is -2.17. The second kappa shape index (κ2) is 4.49. The van der Waals surface area contributed by atoms with Gasteiger partial charge in [-0.2, -0.15) is 0 Å². The van der Waals surface area contributed by atoms with Gasteiger partial charge < -0.3 is 16.4 Å². The predicted molar refractivity (Wildman–Crippen MR) is 61.6 cm³/mol. The molecule has 4 N–H and O–H groups in total. The first-order chi connectivity index (χ1) is 7.70. The minimum atomic E-state index is -0.225. The molecule has 0 saturated carbocycles. The third kappa shape index (κ3) is 2.14. The van der Waals surface area contributed by atoms with E-state index in [2.05, 4.69) is 9.88 Å². The van der Waals surface area contributed by atoms with Crippen LogP contribution in [0.4, 0.5) is 5.82 Å². The van der Waals surface area contributed by atoms with Crippen molar-refractivity contribution >= 4 is 11.7 Å². The maximum absolute atomic E-state index is 11.1. The lowest BCUT2D eigenvalue weighted by Crippen LogP contribution is -2.27. The van der Waals surface area contributed by atoms with E-state index >= 15 is 0 Å². The molecule has 86 valence electrons. The minimum absolute atomic E-state index is 0.0525. The molecule has 0 aliphatic carbocycles.